The van der Waals surface area contributed by atoms with Gasteiger partial charge in [-0.25, -0.2) is 12.7 Å². The Hall–Kier alpha value is -1.60. The molecular formula is C16H24N2O4S. The molecule has 0 unspecified atom stereocenters. The van der Waals surface area contributed by atoms with E-state index in [1.54, 1.807) is 12.1 Å². The maximum absolute atomic E-state index is 12.4. The molecule has 7 heteroatoms. The standard InChI is InChI=1S/C16H24N2O4S/c1-12(2)22-15-8-4-7-14(10-15)17-16(19)13-6-5-9-18(11-13)23(3,20)21/h4,7-8,10,12-13H,5-6,9,11H2,1-3H3,(H,17,19)/t13-/m0/s1. The van der Waals surface area contributed by atoms with E-state index < -0.39 is 10.0 Å². The number of benzene rings is 1. The summed E-state index contributed by atoms with van der Waals surface area (Å²) in [6.45, 7) is 4.60. The van der Waals surface area contributed by atoms with Gasteiger partial charge in [-0.05, 0) is 38.8 Å². The van der Waals surface area contributed by atoms with Crippen LogP contribution in [0.2, 0.25) is 0 Å². The fourth-order valence-corrected chi connectivity index (χ4v) is 3.53. The minimum Gasteiger partial charge on any atom is -0.491 e. The summed E-state index contributed by atoms with van der Waals surface area (Å²) in [5.41, 5.74) is 0.657. The maximum atomic E-state index is 12.4. The molecular weight excluding hydrogens is 316 g/mol. The van der Waals surface area contributed by atoms with Crippen LogP contribution < -0.4 is 10.1 Å². The zero-order valence-corrected chi connectivity index (χ0v) is 14.6. The van der Waals surface area contributed by atoms with Crippen LogP contribution in [0.5, 0.6) is 5.75 Å². The molecule has 1 aliphatic heterocycles. The third-order valence-corrected chi connectivity index (χ3v) is 4.97. The summed E-state index contributed by atoms with van der Waals surface area (Å²) in [7, 11) is -3.25. The second-order valence-corrected chi connectivity index (χ2v) is 8.13. The van der Waals surface area contributed by atoms with Crippen molar-refractivity contribution in [3.8, 4) is 5.75 Å². The molecule has 1 aromatic carbocycles. The van der Waals surface area contributed by atoms with Gasteiger partial charge in [-0.3, -0.25) is 4.79 Å². The maximum Gasteiger partial charge on any atom is 0.228 e. The van der Waals surface area contributed by atoms with Gasteiger partial charge in [0.1, 0.15) is 5.75 Å². The molecule has 1 fully saturated rings. The molecule has 6 nitrogen and oxygen atoms in total. The van der Waals surface area contributed by atoms with Crippen molar-refractivity contribution in [2.45, 2.75) is 32.8 Å². The predicted molar refractivity (Wildman–Crippen MR) is 90.0 cm³/mol. The zero-order valence-electron chi connectivity index (χ0n) is 13.8. The van der Waals surface area contributed by atoms with Gasteiger partial charge in [0.25, 0.3) is 0 Å². The van der Waals surface area contributed by atoms with Crippen LogP contribution in [0.4, 0.5) is 5.69 Å². The minimum absolute atomic E-state index is 0.0580. The first-order chi connectivity index (χ1) is 10.8. The third-order valence-electron chi connectivity index (χ3n) is 3.70. The quantitative estimate of drug-likeness (QED) is 0.890. The van der Waals surface area contributed by atoms with Crippen LogP contribution in [0, 0.1) is 5.92 Å². The highest BCUT2D eigenvalue weighted by Crippen LogP contribution is 2.22. The van der Waals surface area contributed by atoms with E-state index in [2.05, 4.69) is 5.32 Å². The first-order valence-corrected chi connectivity index (χ1v) is 9.63. The molecule has 0 spiro atoms. The molecule has 1 atom stereocenters. The van der Waals surface area contributed by atoms with Crippen LogP contribution in [0.1, 0.15) is 26.7 Å². The molecule has 2 rings (SSSR count). The first-order valence-electron chi connectivity index (χ1n) is 7.78. The second kappa shape index (κ2) is 7.31. The lowest BCUT2D eigenvalue weighted by Gasteiger charge is -2.30. The number of carbonyl (C=O) groups excluding carboxylic acids is 1. The van der Waals surface area contributed by atoms with Gasteiger partial charge < -0.3 is 10.1 Å². The summed E-state index contributed by atoms with van der Waals surface area (Å²) in [6, 6.07) is 7.22. The van der Waals surface area contributed by atoms with Crippen molar-refractivity contribution in [3.63, 3.8) is 0 Å². The van der Waals surface area contributed by atoms with E-state index in [-0.39, 0.29) is 24.5 Å². The topological polar surface area (TPSA) is 75.7 Å². The molecule has 0 radical (unpaired) electrons. The number of piperidine rings is 1. The van der Waals surface area contributed by atoms with Crippen molar-refractivity contribution < 1.29 is 17.9 Å². The monoisotopic (exact) mass is 340 g/mol. The van der Waals surface area contributed by atoms with Crippen LogP contribution in [-0.4, -0.2) is 44.1 Å². The number of carbonyl (C=O) groups is 1. The molecule has 128 valence electrons. The van der Waals surface area contributed by atoms with Crippen molar-refractivity contribution in [2.75, 3.05) is 24.7 Å². The Bertz CT molecular complexity index is 658. The van der Waals surface area contributed by atoms with E-state index >= 15 is 0 Å². The number of ether oxygens (including phenoxy) is 1. The molecule has 1 aliphatic rings. The van der Waals surface area contributed by atoms with E-state index in [0.29, 0.717) is 30.8 Å². The highest BCUT2D eigenvalue weighted by atomic mass is 32.2. The zero-order chi connectivity index (χ0) is 17.0. The van der Waals surface area contributed by atoms with Crippen LogP contribution >= 0.6 is 0 Å². The molecule has 1 N–H and O–H groups in total. The number of nitrogens with zero attached hydrogens (tertiary/aromatic N) is 1. The lowest BCUT2D eigenvalue weighted by atomic mass is 9.98. The van der Waals surface area contributed by atoms with Crippen LogP contribution in [0.15, 0.2) is 24.3 Å². The minimum atomic E-state index is -3.25. The molecule has 1 amide bonds. The van der Waals surface area contributed by atoms with Crippen LogP contribution in [0.3, 0.4) is 0 Å². The van der Waals surface area contributed by atoms with Gasteiger partial charge >= 0.3 is 0 Å². The first kappa shape index (κ1) is 17.7. The Morgan fingerprint density at radius 2 is 2.13 bits per heavy atom. The number of hydrogen-bond donors (Lipinski definition) is 1. The van der Waals surface area contributed by atoms with Gasteiger partial charge in [-0.2, -0.15) is 0 Å². The summed E-state index contributed by atoms with van der Waals surface area (Å²) in [4.78, 5) is 12.4. The van der Waals surface area contributed by atoms with Gasteiger partial charge in [0.05, 0.1) is 18.3 Å². The van der Waals surface area contributed by atoms with E-state index in [1.165, 1.54) is 10.6 Å². The SMILES string of the molecule is CC(C)Oc1cccc(NC(=O)[C@H]2CCCN(S(C)(=O)=O)C2)c1. The summed E-state index contributed by atoms with van der Waals surface area (Å²) in [5.74, 6) is 0.215. The molecule has 1 saturated heterocycles. The molecule has 0 bridgehead atoms. The Morgan fingerprint density at radius 1 is 1.39 bits per heavy atom. The lowest BCUT2D eigenvalue weighted by Crippen LogP contribution is -2.43. The largest absolute Gasteiger partial charge is 0.491 e. The summed E-state index contributed by atoms with van der Waals surface area (Å²) in [5, 5.41) is 2.86. The number of rotatable bonds is 5. The van der Waals surface area contributed by atoms with Crippen LogP contribution in [0.25, 0.3) is 0 Å². The van der Waals surface area contributed by atoms with Crippen molar-refractivity contribution in [2.24, 2.45) is 5.92 Å². The third kappa shape index (κ3) is 5.21. The van der Waals surface area contributed by atoms with Gasteiger partial charge in [-0.1, -0.05) is 6.07 Å². The summed E-state index contributed by atoms with van der Waals surface area (Å²) < 4.78 is 30.3. The van der Waals surface area contributed by atoms with Crippen molar-refractivity contribution >= 4 is 21.6 Å². The lowest BCUT2D eigenvalue weighted by molar-refractivity contribution is -0.120. The molecule has 0 aromatic heterocycles. The number of anilines is 1. The highest BCUT2D eigenvalue weighted by Gasteiger charge is 2.30. The average molecular weight is 340 g/mol. The van der Waals surface area contributed by atoms with Gasteiger partial charge in [0.15, 0.2) is 0 Å². The smallest absolute Gasteiger partial charge is 0.228 e. The van der Waals surface area contributed by atoms with Gasteiger partial charge in [0.2, 0.25) is 15.9 Å². The molecule has 0 aliphatic carbocycles. The summed E-state index contributed by atoms with van der Waals surface area (Å²) in [6.07, 6.45) is 2.63. The van der Waals surface area contributed by atoms with Gasteiger partial charge in [-0.15, -0.1) is 0 Å². The number of nitrogens with one attached hydrogen (secondary N) is 1. The van der Waals surface area contributed by atoms with Crippen LogP contribution in [-0.2, 0) is 14.8 Å². The Balaban J connectivity index is 2.01. The molecule has 1 heterocycles. The number of hydrogen-bond acceptors (Lipinski definition) is 4. The Kier molecular flexibility index (Phi) is 5.64. The Morgan fingerprint density at radius 3 is 2.78 bits per heavy atom. The number of sulfonamides is 1. The molecule has 0 saturated carbocycles. The normalized spacial score (nSPS) is 19.6. The van der Waals surface area contributed by atoms with E-state index in [0.717, 1.165) is 0 Å². The van der Waals surface area contributed by atoms with E-state index in [1.807, 2.05) is 26.0 Å². The highest BCUT2D eigenvalue weighted by molar-refractivity contribution is 7.88. The summed E-state index contributed by atoms with van der Waals surface area (Å²) >= 11 is 0. The molecule has 1 aromatic rings. The van der Waals surface area contributed by atoms with Gasteiger partial charge in [0, 0.05) is 24.8 Å². The Labute approximate surface area is 137 Å². The second-order valence-electron chi connectivity index (χ2n) is 6.14. The average Bonchev–Trinajstić information content (AvgIpc) is 2.46. The van der Waals surface area contributed by atoms with Crippen molar-refractivity contribution in [3.05, 3.63) is 24.3 Å². The van der Waals surface area contributed by atoms with Crippen molar-refractivity contribution in [1.82, 2.24) is 4.31 Å². The fraction of sp³-hybridized carbons (Fsp3) is 0.562. The number of amides is 1. The van der Waals surface area contributed by atoms with E-state index in [4.69, 9.17) is 4.74 Å². The molecule has 23 heavy (non-hydrogen) atoms. The fourth-order valence-electron chi connectivity index (χ4n) is 2.62. The van der Waals surface area contributed by atoms with Crippen molar-refractivity contribution in [1.29, 1.82) is 0 Å². The predicted octanol–water partition coefficient (Wildman–Crippen LogP) is 2.08. The van der Waals surface area contributed by atoms with E-state index in [9.17, 15) is 13.2 Å².